The first-order chi connectivity index (χ1) is 10.8. The van der Waals surface area contributed by atoms with Crippen LogP contribution in [-0.4, -0.2) is 52.5 Å². The smallest absolute Gasteiger partial charge is 0.191 e. The molecule has 0 heterocycles. The lowest BCUT2D eigenvalue weighted by atomic mass is 9.83. The highest BCUT2D eigenvalue weighted by Crippen LogP contribution is 2.41. The van der Waals surface area contributed by atoms with Crippen molar-refractivity contribution >= 4 is 5.96 Å². The number of guanidine groups is 1. The zero-order valence-electron chi connectivity index (χ0n) is 14.7. The standard InChI is InChI=1S/C17H35N3O2/c1-4-18-16(19-12-8-13-22-5-2)20-15-17(11-14-21-3)9-6-7-10-17/h4-15H2,1-3H3,(H2,18,19,20). The number of nitrogens with one attached hydrogen (secondary N) is 2. The van der Waals surface area contributed by atoms with E-state index in [9.17, 15) is 0 Å². The van der Waals surface area contributed by atoms with Crippen molar-refractivity contribution in [2.24, 2.45) is 10.4 Å². The fourth-order valence-corrected chi connectivity index (χ4v) is 3.04. The van der Waals surface area contributed by atoms with Crippen LogP contribution in [0.15, 0.2) is 4.99 Å². The quantitative estimate of drug-likeness (QED) is 0.350. The monoisotopic (exact) mass is 313 g/mol. The Morgan fingerprint density at radius 3 is 2.55 bits per heavy atom. The number of aliphatic imine (C=N–C) groups is 1. The summed E-state index contributed by atoms with van der Waals surface area (Å²) < 4.78 is 10.7. The van der Waals surface area contributed by atoms with Gasteiger partial charge >= 0.3 is 0 Å². The molecule has 1 fully saturated rings. The summed E-state index contributed by atoms with van der Waals surface area (Å²) in [7, 11) is 1.79. The van der Waals surface area contributed by atoms with E-state index in [1.807, 2.05) is 6.92 Å². The van der Waals surface area contributed by atoms with Crippen LogP contribution in [0.4, 0.5) is 0 Å². The fourth-order valence-electron chi connectivity index (χ4n) is 3.04. The van der Waals surface area contributed by atoms with E-state index in [2.05, 4.69) is 17.6 Å². The average molecular weight is 313 g/mol. The Kier molecular flexibility index (Phi) is 10.2. The van der Waals surface area contributed by atoms with E-state index < -0.39 is 0 Å². The van der Waals surface area contributed by atoms with E-state index in [-0.39, 0.29) is 0 Å². The third-order valence-corrected chi connectivity index (χ3v) is 4.38. The molecule has 0 aromatic carbocycles. The summed E-state index contributed by atoms with van der Waals surface area (Å²) in [5.74, 6) is 0.933. The Morgan fingerprint density at radius 2 is 1.91 bits per heavy atom. The van der Waals surface area contributed by atoms with Crippen LogP contribution in [0, 0.1) is 5.41 Å². The fraction of sp³-hybridized carbons (Fsp3) is 0.941. The molecule has 0 amide bonds. The molecule has 2 N–H and O–H groups in total. The molecule has 0 aromatic rings. The molecule has 1 aliphatic rings. The lowest BCUT2D eigenvalue weighted by Crippen LogP contribution is -2.39. The molecule has 5 heteroatoms. The largest absolute Gasteiger partial charge is 0.385 e. The van der Waals surface area contributed by atoms with Gasteiger partial charge < -0.3 is 20.1 Å². The average Bonchev–Trinajstić information content (AvgIpc) is 2.99. The molecule has 0 bridgehead atoms. The molecule has 0 atom stereocenters. The van der Waals surface area contributed by atoms with Gasteiger partial charge in [-0.3, -0.25) is 4.99 Å². The van der Waals surface area contributed by atoms with Crippen molar-refractivity contribution in [2.45, 2.75) is 52.4 Å². The van der Waals surface area contributed by atoms with Crippen LogP contribution < -0.4 is 10.6 Å². The highest BCUT2D eigenvalue weighted by atomic mass is 16.5. The molecule has 0 saturated heterocycles. The van der Waals surface area contributed by atoms with E-state index in [1.165, 1.54) is 25.7 Å². The molecular weight excluding hydrogens is 278 g/mol. The molecule has 1 aliphatic carbocycles. The molecule has 0 spiro atoms. The lowest BCUT2D eigenvalue weighted by Gasteiger charge is -2.27. The number of methoxy groups -OCH3 is 1. The molecule has 130 valence electrons. The zero-order valence-corrected chi connectivity index (χ0v) is 14.7. The van der Waals surface area contributed by atoms with Crippen LogP contribution in [0.2, 0.25) is 0 Å². The van der Waals surface area contributed by atoms with Gasteiger partial charge in [0.25, 0.3) is 0 Å². The van der Waals surface area contributed by atoms with Crippen LogP contribution >= 0.6 is 0 Å². The second kappa shape index (κ2) is 11.7. The summed E-state index contributed by atoms with van der Waals surface area (Å²) in [6, 6.07) is 0. The third kappa shape index (κ3) is 7.45. The maximum atomic E-state index is 5.36. The van der Waals surface area contributed by atoms with Crippen LogP contribution in [0.3, 0.4) is 0 Å². The molecular formula is C17H35N3O2. The Morgan fingerprint density at radius 1 is 1.14 bits per heavy atom. The molecule has 0 aliphatic heterocycles. The first-order valence-corrected chi connectivity index (χ1v) is 8.85. The minimum atomic E-state index is 0.351. The maximum Gasteiger partial charge on any atom is 0.191 e. The van der Waals surface area contributed by atoms with Gasteiger partial charge in [0.2, 0.25) is 0 Å². The summed E-state index contributed by atoms with van der Waals surface area (Å²) in [6.45, 7) is 9.26. The molecule has 22 heavy (non-hydrogen) atoms. The van der Waals surface area contributed by atoms with Crippen molar-refractivity contribution in [3.8, 4) is 0 Å². The Hall–Kier alpha value is -0.810. The summed E-state index contributed by atoms with van der Waals surface area (Å²) in [5.41, 5.74) is 0.351. The SMILES string of the molecule is CCNC(=NCC1(CCOC)CCCC1)NCCCOCC. The summed E-state index contributed by atoms with van der Waals surface area (Å²) in [4.78, 5) is 4.84. The first-order valence-electron chi connectivity index (χ1n) is 8.85. The van der Waals surface area contributed by atoms with Crippen LogP contribution in [-0.2, 0) is 9.47 Å². The Labute approximate surface area is 136 Å². The molecule has 0 radical (unpaired) electrons. The van der Waals surface area contributed by atoms with E-state index in [4.69, 9.17) is 14.5 Å². The van der Waals surface area contributed by atoms with Crippen molar-refractivity contribution in [1.82, 2.24) is 10.6 Å². The Bertz CT molecular complexity index is 302. The highest BCUT2D eigenvalue weighted by molar-refractivity contribution is 5.79. The van der Waals surface area contributed by atoms with Gasteiger partial charge in [0.15, 0.2) is 5.96 Å². The predicted molar refractivity (Wildman–Crippen MR) is 92.5 cm³/mol. The molecule has 1 saturated carbocycles. The van der Waals surface area contributed by atoms with Crippen LogP contribution in [0.25, 0.3) is 0 Å². The van der Waals surface area contributed by atoms with E-state index in [1.54, 1.807) is 7.11 Å². The van der Waals surface area contributed by atoms with Crippen molar-refractivity contribution in [2.75, 3.05) is 46.6 Å². The second-order valence-corrected chi connectivity index (χ2v) is 6.12. The second-order valence-electron chi connectivity index (χ2n) is 6.12. The molecule has 5 nitrogen and oxygen atoms in total. The van der Waals surface area contributed by atoms with Gasteiger partial charge in [-0.15, -0.1) is 0 Å². The topological polar surface area (TPSA) is 54.9 Å². The van der Waals surface area contributed by atoms with Crippen molar-refractivity contribution in [3.05, 3.63) is 0 Å². The minimum absolute atomic E-state index is 0.351. The molecule has 1 rings (SSSR count). The molecule has 0 unspecified atom stereocenters. The van der Waals surface area contributed by atoms with E-state index in [0.29, 0.717) is 5.41 Å². The predicted octanol–water partition coefficient (Wildman–Crippen LogP) is 2.57. The number of ether oxygens (including phenoxy) is 2. The summed E-state index contributed by atoms with van der Waals surface area (Å²) in [5, 5.41) is 6.74. The normalized spacial score (nSPS) is 17.7. The van der Waals surface area contributed by atoms with E-state index >= 15 is 0 Å². The highest BCUT2D eigenvalue weighted by Gasteiger charge is 2.33. The van der Waals surface area contributed by atoms with Crippen molar-refractivity contribution in [1.29, 1.82) is 0 Å². The number of hydrogen-bond donors (Lipinski definition) is 2. The first kappa shape index (κ1) is 19.2. The number of rotatable bonds is 11. The van der Waals surface area contributed by atoms with Gasteiger partial charge in [0, 0.05) is 46.6 Å². The van der Waals surface area contributed by atoms with Gasteiger partial charge in [0.1, 0.15) is 0 Å². The van der Waals surface area contributed by atoms with Gasteiger partial charge in [-0.05, 0) is 44.9 Å². The van der Waals surface area contributed by atoms with E-state index in [0.717, 1.165) is 58.3 Å². The van der Waals surface area contributed by atoms with Gasteiger partial charge in [-0.2, -0.15) is 0 Å². The van der Waals surface area contributed by atoms with Crippen molar-refractivity contribution < 1.29 is 9.47 Å². The maximum absolute atomic E-state index is 5.36. The minimum Gasteiger partial charge on any atom is -0.385 e. The number of hydrogen-bond acceptors (Lipinski definition) is 3. The number of nitrogens with zero attached hydrogens (tertiary/aromatic N) is 1. The van der Waals surface area contributed by atoms with Gasteiger partial charge in [-0.1, -0.05) is 12.8 Å². The lowest BCUT2D eigenvalue weighted by molar-refractivity contribution is 0.141. The van der Waals surface area contributed by atoms with Crippen LogP contribution in [0.1, 0.15) is 52.4 Å². The van der Waals surface area contributed by atoms with Crippen LogP contribution in [0.5, 0.6) is 0 Å². The van der Waals surface area contributed by atoms with Gasteiger partial charge in [0.05, 0.1) is 0 Å². The Balaban J connectivity index is 2.44. The summed E-state index contributed by atoms with van der Waals surface area (Å²) >= 11 is 0. The zero-order chi connectivity index (χ0) is 16.1. The molecule has 0 aromatic heterocycles. The van der Waals surface area contributed by atoms with Crippen molar-refractivity contribution in [3.63, 3.8) is 0 Å². The third-order valence-electron chi connectivity index (χ3n) is 4.38. The van der Waals surface area contributed by atoms with Gasteiger partial charge in [-0.25, -0.2) is 0 Å². The summed E-state index contributed by atoms with van der Waals surface area (Å²) in [6.07, 6.45) is 7.35.